The number of hydrogen-bond donors (Lipinski definition) is 0. The minimum absolute atomic E-state index is 0.176. The lowest BCUT2D eigenvalue weighted by molar-refractivity contribution is -0.772. The molecule has 1 fully saturated rings. The highest BCUT2D eigenvalue weighted by atomic mass is 16.3. The number of allylic oxidation sites excluding steroid dienone is 1. The summed E-state index contributed by atoms with van der Waals surface area (Å²) in [6.07, 6.45) is 7.89. The Labute approximate surface area is 219 Å². The summed E-state index contributed by atoms with van der Waals surface area (Å²) in [6, 6.07) is 31.8. The van der Waals surface area contributed by atoms with Crippen LogP contribution < -0.4 is 9.13 Å². The summed E-state index contributed by atoms with van der Waals surface area (Å²) in [7, 11) is 0. The van der Waals surface area contributed by atoms with Gasteiger partial charge in [0.15, 0.2) is 12.4 Å². The van der Waals surface area contributed by atoms with Crippen LogP contribution in [0.2, 0.25) is 0 Å². The van der Waals surface area contributed by atoms with Crippen molar-refractivity contribution in [2.75, 3.05) is 0 Å². The largest absolute Gasteiger partial charge is 0.455 e. The Morgan fingerprint density at radius 3 is 2.53 bits per heavy atom. The Balaban J connectivity index is 1.33. The van der Waals surface area contributed by atoms with Crippen molar-refractivity contribution >= 4 is 28.0 Å². The summed E-state index contributed by atoms with van der Waals surface area (Å²) in [5, 5.41) is 2.43. The van der Waals surface area contributed by atoms with Crippen LogP contribution in [-0.2, 0) is 12.0 Å². The van der Waals surface area contributed by atoms with Crippen LogP contribution in [0, 0.1) is 0 Å². The van der Waals surface area contributed by atoms with Crippen molar-refractivity contribution in [2.24, 2.45) is 0 Å². The van der Waals surface area contributed by atoms with Crippen molar-refractivity contribution in [3.63, 3.8) is 0 Å². The second-order valence-electron chi connectivity index (χ2n) is 11.4. The summed E-state index contributed by atoms with van der Waals surface area (Å²) >= 11 is 0. The number of hydrogen-bond acceptors (Lipinski definition) is 1. The van der Waals surface area contributed by atoms with E-state index in [0.29, 0.717) is 12.0 Å². The van der Waals surface area contributed by atoms with Crippen LogP contribution in [0.15, 0.2) is 107 Å². The third-order valence-electron chi connectivity index (χ3n) is 9.64. The minimum atomic E-state index is -0.176. The molecule has 0 bridgehead atoms. The number of benzene rings is 3. The van der Waals surface area contributed by atoms with E-state index >= 15 is 0 Å². The molecule has 3 aromatic heterocycles. The second-order valence-corrected chi connectivity index (χ2v) is 11.4. The van der Waals surface area contributed by atoms with Crippen LogP contribution in [0.3, 0.4) is 0 Å². The minimum Gasteiger partial charge on any atom is -0.455 e. The topological polar surface area (TPSA) is 20.9 Å². The highest BCUT2D eigenvalue weighted by Gasteiger charge is 2.86. The average Bonchev–Trinajstić information content (AvgIpc) is 3.15. The molecular formula is C35H24N2O+2. The highest BCUT2D eigenvalue weighted by molar-refractivity contribution is 6.12. The quantitative estimate of drug-likeness (QED) is 0.214. The molecule has 3 aromatic carbocycles. The molecule has 3 nitrogen and oxygen atoms in total. The fourth-order valence-electron chi connectivity index (χ4n) is 8.25. The lowest BCUT2D eigenvalue weighted by atomic mass is 9.92. The summed E-state index contributed by atoms with van der Waals surface area (Å²) in [4.78, 5) is 0. The van der Waals surface area contributed by atoms with E-state index < -0.39 is 0 Å². The number of fused-ring (bicyclic) bond motifs is 19. The van der Waals surface area contributed by atoms with Crippen LogP contribution in [0.1, 0.15) is 41.1 Å². The highest BCUT2D eigenvalue weighted by Crippen LogP contribution is 2.70. The Bertz CT molecular complexity index is 2040. The Kier molecular flexibility index (Phi) is 3.25. The van der Waals surface area contributed by atoms with Gasteiger partial charge in [-0.15, -0.1) is 0 Å². The van der Waals surface area contributed by atoms with Crippen molar-refractivity contribution < 1.29 is 13.6 Å². The maximum Gasteiger partial charge on any atom is 0.269 e. The molecular weight excluding hydrogens is 464 g/mol. The monoisotopic (exact) mass is 488 g/mol. The summed E-state index contributed by atoms with van der Waals surface area (Å²) in [6.45, 7) is 2.21. The van der Waals surface area contributed by atoms with Gasteiger partial charge in [-0.1, -0.05) is 48.0 Å². The van der Waals surface area contributed by atoms with Gasteiger partial charge >= 0.3 is 0 Å². The van der Waals surface area contributed by atoms with Crippen LogP contribution >= 0.6 is 0 Å². The molecule has 6 aromatic rings. The van der Waals surface area contributed by atoms with E-state index in [-0.39, 0.29) is 5.54 Å². The molecule has 10 rings (SSSR count). The van der Waals surface area contributed by atoms with Gasteiger partial charge in [0.25, 0.3) is 5.54 Å². The predicted molar refractivity (Wildman–Crippen MR) is 148 cm³/mol. The van der Waals surface area contributed by atoms with Gasteiger partial charge in [-0.05, 0) is 48.7 Å². The van der Waals surface area contributed by atoms with Crippen molar-refractivity contribution in [1.82, 2.24) is 0 Å². The summed E-state index contributed by atoms with van der Waals surface area (Å²) in [5.74, 6) is 0.364. The first-order chi connectivity index (χ1) is 18.8. The van der Waals surface area contributed by atoms with E-state index in [9.17, 15) is 0 Å². The zero-order valence-corrected chi connectivity index (χ0v) is 21.0. The molecule has 0 N–H and O–H groups in total. The maximum atomic E-state index is 6.89. The molecule has 3 atom stereocenters. The van der Waals surface area contributed by atoms with Crippen LogP contribution in [0.5, 0.6) is 0 Å². The van der Waals surface area contributed by atoms with Crippen molar-refractivity contribution in [2.45, 2.75) is 30.8 Å². The van der Waals surface area contributed by atoms with Gasteiger partial charge < -0.3 is 4.42 Å². The van der Waals surface area contributed by atoms with Gasteiger partial charge in [0.05, 0.1) is 11.1 Å². The Hall–Kier alpha value is -4.50. The first-order valence-electron chi connectivity index (χ1n) is 13.6. The van der Waals surface area contributed by atoms with Crippen LogP contribution in [0.25, 0.3) is 50.5 Å². The number of pyridine rings is 2. The lowest BCUT2D eigenvalue weighted by Gasteiger charge is -2.11. The average molecular weight is 489 g/mol. The summed E-state index contributed by atoms with van der Waals surface area (Å²) < 4.78 is 12.0. The van der Waals surface area contributed by atoms with E-state index in [1.54, 1.807) is 0 Å². The molecule has 0 saturated heterocycles. The first-order valence-corrected chi connectivity index (χ1v) is 13.6. The number of rotatable bonds is 0. The third-order valence-corrected chi connectivity index (χ3v) is 9.64. The standard InChI is InChI=1S/C35H24N2O/c1-20-18-21-12-13-24-25-14-15-27-30(33(25)38-32(24)26(21)19-20)29-11-5-7-17-37(29)35(27)31-23-9-3-2-8-22(23)28-10-4-6-16-36(28)34(31)35/h2-17,19,31,34H,18H2,1H3/q+2. The fraction of sp³-hybridized carbons (Fsp3) is 0.143. The maximum absolute atomic E-state index is 6.89. The van der Waals surface area contributed by atoms with Gasteiger partial charge in [0.1, 0.15) is 17.1 Å². The predicted octanol–water partition coefficient (Wildman–Crippen LogP) is 6.86. The molecule has 1 saturated carbocycles. The smallest absolute Gasteiger partial charge is 0.269 e. The first kappa shape index (κ1) is 19.6. The molecule has 0 amide bonds. The van der Waals surface area contributed by atoms with Crippen LogP contribution in [-0.4, -0.2) is 0 Å². The molecule has 38 heavy (non-hydrogen) atoms. The number of nitrogens with zero attached hydrogens (tertiary/aromatic N) is 2. The molecule has 0 radical (unpaired) electrons. The molecule has 4 aliphatic rings. The van der Waals surface area contributed by atoms with Gasteiger partial charge in [-0.3, -0.25) is 0 Å². The summed E-state index contributed by atoms with van der Waals surface area (Å²) in [5.41, 5.74) is 13.9. The molecule has 3 heteroatoms. The molecule has 2 aliphatic carbocycles. The Morgan fingerprint density at radius 2 is 1.58 bits per heavy atom. The molecule has 5 heterocycles. The van der Waals surface area contributed by atoms with Crippen molar-refractivity contribution in [3.05, 3.63) is 125 Å². The zero-order valence-electron chi connectivity index (χ0n) is 21.0. The molecule has 2 aliphatic heterocycles. The van der Waals surface area contributed by atoms with Crippen molar-refractivity contribution in [1.29, 1.82) is 0 Å². The van der Waals surface area contributed by atoms with E-state index in [2.05, 4.69) is 119 Å². The molecule has 1 spiro atoms. The van der Waals surface area contributed by atoms with E-state index in [1.807, 2.05) is 0 Å². The third kappa shape index (κ3) is 2.02. The number of aromatic nitrogens is 2. The normalized spacial score (nSPS) is 23.0. The van der Waals surface area contributed by atoms with Crippen molar-refractivity contribution in [3.8, 4) is 22.5 Å². The molecule has 178 valence electrons. The SMILES string of the molecule is CC1=Cc2c(ccc3c2oc2c4c(ccc23)C2(C3c5ccccc5-c5cccc[n+]5C32)[n+]2ccccc2-4)C1. The Morgan fingerprint density at radius 1 is 0.789 bits per heavy atom. The number of furan rings is 1. The lowest BCUT2D eigenvalue weighted by Crippen LogP contribution is -2.50. The van der Waals surface area contributed by atoms with E-state index in [0.717, 1.165) is 17.6 Å². The van der Waals surface area contributed by atoms with Crippen LogP contribution in [0.4, 0.5) is 0 Å². The zero-order chi connectivity index (χ0) is 24.7. The van der Waals surface area contributed by atoms with E-state index in [1.165, 1.54) is 61.1 Å². The van der Waals surface area contributed by atoms with Gasteiger partial charge in [0.2, 0.25) is 17.4 Å². The fourth-order valence-corrected chi connectivity index (χ4v) is 8.25. The van der Waals surface area contributed by atoms with E-state index in [4.69, 9.17) is 4.42 Å². The molecule has 3 unspecified atom stereocenters. The van der Waals surface area contributed by atoms with Gasteiger partial charge in [0, 0.05) is 46.2 Å². The van der Waals surface area contributed by atoms with Gasteiger partial charge in [-0.25, -0.2) is 0 Å². The van der Waals surface area contributed by atoms with Gasteiger partial charge in [-0.2, -0.15) is 9.13 Å². The second kappa shape index (κ2) is 6.31.